The number of hydrogen-bond acceptors (Lipinski definition) is 4. The second-order valence-corrected chi connectivity index (χ2v) is 15.9. The molecule has 234 valence electrons. The molecule has 0 bridgehead atoms. The summed E-state index contributed by atoms with van der Waals surface area (Å²) >= 11 is 0. The van der Waals surface area contributed by atoms with Crippen molar-refractivity contribution >= 4 is 12.4 Å². The Balaban J connectivity index is 0.00000441. The molecule has 1 fully saturated rings. The van der Waals surface area contributed by atoms with E-state index >= 15 is 0 Å². The van der Waals surface area contributed by atoms with Crippen molar-refractivity contribution in [1.29, 1.82) is 0 Å². The van der Waals surface area contributed by atoms with Crippen LogP contribution in [-0.2, 0) is 39.0 Å². The van der Waals surface area contributed by atoms with Crippen molar-refractivity contribution in [3.8, 4) is 11.5 Å². The molecule has 0 heterocycles. The Labute approximate surface area is 273 Å². The Kier molecular flexibility index (Phi) is 12.6. The Hall–Kier alpha value is -1.80. The molecule has 6 heteroatoms. The molecule has 3 rings (SSSR count). The van der Waals surface area contributed by atoms with Gasteiger partial charge in [-0.3, -0.25) is 9.98 Å². The van der Waals surface area contributed by atoms with Crippen LogP contribution in [0, 0.1) is 0 Å². The smallest absolute Gasteiger partial charge is 0.0723 e. The minimum Gasteiger partial charge on any atom is -1.00 e. The molecule has 2 aromatic carbocycles. The summed E-state index contributed by atoms with van der Waals surface area (Å²) in [6.07, 6.45) is 7.63. The normalized spacial score (nSPS) is 18.7. The first kappa shape index (κ1) is 38.2. The van der Waals surface area contributed by atoms with Crippen molar-refractivity contribution in [3.63, 3.8) is 0 Å². The first-order valence-corrected chi connectivity index (χ1v) is 15.0. The van der Waals surface area contributed by atoms with Crippen LogP contribution in [0.4, 0.5) is 0 Å². The van der Waals surface area contributed by atoms with Crippen molar-refractivity contribution in [2.24, 2.45) is 9.98 Å². The van der Waals surface area contributed by atoms with Gasteiger partial charge in [-0.15, -0.1) is 0 Å². The molecule has 1 saturated carbocycles. The number of rotatable bonds is 4. The van der Waals surface area contributed by atoms with Crippen LogP contribution in [0.3, 0.4) is 0 Å². The first-order chi connectivity index (χ1) is 18.2. The van der Waals surface area contributed by atoms with Crippen molar-refractivity contribution < 1.29 is 40.0 Å². The second-order valence-electron chi connectivity index (χ2n) is 15.9. The third-order valence-electron chi connectivity index (χ3n) is 8.09. The van der Waals surface area contributed by atoms with Crippen LogP contribution in [0.15, 0.2) is 34.3 Å². The van der Waals surface area contributed by atoms with Crippen LogP contribution < -0.4 is 22.6 Å². The third kappa shape index (κ3) is 9.35. The molecule has 0 aromatic heterocycles. The van der Waals surface area contributed by atoms with Gasteiger partial charge in [0.2, 0.25) is 0 Å². The maximum absolute atomic E-state index is 13.5. The third-order valence-corrected chi connectivity index (χ3v) is 8.09. The fraction of sp³-hybridized carbons (Fsp3) is 0.611. The van der Waals surface area contributed by atoms with Gasteiger partial charge in [0.05, 0.1) is 12.1 Å². The molecule has 0 radical (unpaired) electrons. The molecule has 0 saturated heterocycles. The van der Waals surface area contributed by atoms with Crippen LogP contribution in [0.2, 0.25) is 0 Å². The number of nitrogens with zero attached hydrogens (tertiary/aromatic N) is 2. The van der Waals surface area contributed by atoms with E-state index in [0.29, 0.717) is 11.1 Å². The number of hydrogen-bond donors (Lipinski definition) is 0. The largest absolute Gasteiger partial charge is 1.00 e. The Morgan fingerprint density at radius 2 is 0.881 bits per heavy atom. The molecule has 1 aliphatic rings. The van der Waals surface area contributed by atoms with E-state index in [2.05, 4.69) is 95.2 Å². The molecule has 0 aliphatic heterocycles. The van der Waals surface area contributed by atoms with E-state index in [4.69, 9.17) is 9.98 Å². The van der Waals surface area contributed by atoms with Gasteiger partial charge < -0.3 is 22.6 Å². The fourth-order valence-corrected chi connectivity index (χ4v) is 5.27. The summed E-state index contributed by atoms with van der Waals surface area (Å²) in [6.45, 7) is 25.6. The molecule has 0 unspecified atom stereocenters. The minimum atomic E-state index is -0.248. The van der Waals surface area contributed by atoms with Crippen LogP contribution in [-0.4, -0.2) is 24.5 Å². The van der Waals surface area contributed by atoms with E-state index in [1.165, 1.54) is 0 Å². The molecule has 0 N–H and O–H groups in total. The summed E-state index contributed by atoms with van der Waals surface area (Å²) in [6, 6.07) is 8.15. The zero-order chi connectivity index (χ0) is 30.3. The summed E-state index contributed by atoms with van der Waals surface area (Å²) in [5.74, 6) is 0.120. The summed E-state index contributed by atoms with van der Waals surface area (Å²) in [4.78, 5) is 9.95. The van der Waals surface area contributed by atoms with Gasteiger partial charge in [-0.2, -0.15) is 0 Å². The maximum atomic E-state index is 13.5. The van der Waals surface area contributed by atoms with Crippen LogP contribution >= 0.6 is 0 Å². The fourth-order valence-electron chi connectivity index (χ4n) is 5.27. The van der Waals surface area contributed by atoms with E-state index in [1.54, 1.807) is 12.4 Å². The van der Waals surface area contributed by atoms with Gasteiger partial charge in [-0.05, 0) is 67.9 Å². The molecule has 0 amide bonds. The van der Waals surface area contributed by atoms with Crippen molar-refractivity contribution in [1.82, 2.24) is 0 Å². The van der Waals surface area contributed by atoms with Gasteiger partial charge in [0.1, 0.15) is 0 Å². The number of halogens is 1. The molecule has 4 nitrogen and oxygen atoms in total. The quantitative estimate of drug-likeness (QED) is 0.452. The monoisotopic (exact) mass is 631 g/mol. The summed E-state index contributed by atoms with van der Waals surface area (Å²) in [5, 5.41) is 26.9. The Morgan fingerprint density at radius 3 is 1.14 bits per heavy atom. The average Bonchev–Trinajstić information content (AvgIpc) is 2.80. The molecule has 2 atom stereocenters. The maximum Gasteiger partial charge on any atom is 0.0723 e. The van der Waals surface area contributed by atoms with E-state index in [-0.39, 0.29) is 75.0 Å². The van der Waals surface area contributed by atoms with Gasteiger partial charge in [0.25, 0.3) is 0 Å². The van der Waals surface area contributed by atoms with Crippen molar-refractivity contribution in [2.45, 2.75) is 143 Å². The topological polar surface area (TPSA) is 70.8 Å². The van der Waals surface area contributed by atoms with E-state index in [0.717, 1.165) is 47.9 Å². The van der Waals surface area contributed by atoms with Gasteiger partial charge in [-0.25, -0.2) is 0 Å². The van der Waals surface area contributed by atoms with E-state index in [9.17, 15) is 10.2 Å². The summed E-state index contributed by atoms with van der Waals surface area (Å²) in [7, 11) is 0. The van der Waals surface area contributed by atoms with Crippen LogP contribution in [0.5, 0.6) is 11.5 Å². The zero-order valence-corrected chi connectivity index (χ0v) is 30.0. The van der Waals surface area contributed by atoms with Crippen LogP contribution in [0.1, 0.15) is 142 Å². The van der Waals surface area contributed by atoms with Crippen molar-refractivity contribution in [3.05, 3.63) is 57.6 Å². The molecule has 0 spiro atoms. The second kappa shape index (κ2) is 13.9. The van der Waals surface area contributed by atoms with Gasteiger partial charge in [-0.1, -0.05) is 132 Å². The average molecular weight is 632 g/mol. The van der Waals surface area contributed by atoms with Gasteiger partial charge in [0.15, 0.2) is 0 Å². The Morgan fingerprint density at radius 1 is 0.571 bits per heavy atom. The van der Waals surface area contributed by atoms with Gasteiger partial charge >= 0.3 is 0 Å². The van der Waals surface area contributed by atoms with E-state index < -0.39 is 0 Å². The number of benzene rings is 2. The predicted octanol–water partition coefficient (Wildman–Crippen LogP) is 4.87. The summed E-state index contributed by atoms with van der Waals surface area (Å²) < 4.78 is 0. The molecule has 2 aromatic rings. The molecule has 42 heavy (non-hydrogen) atoms. The van der Waals surface area contributed by atoms with Crippen LogP contribution in [0.25, 0.3) is 0 Å². The first-order valence-electron chi connectivity index (χ1n) is 15.0. The predicted molar refractivity (Wildman–Crippen MR) is 168 cm³/mol. The minimum absolute atomic E-state index is 0. The standard InChI is InChI=1S/C36H54N2O2.ClH.Cr/c1-33(2,3)25-17-23(31(39)27(19-25)35(7,8)9)21-37-29-15-13-14-16-30(29)38-22-24-18-26(34(4,5)6)20-28(32(24)40)36(10,11)12;;/h17-22,29-30,39-40H,13-16H2,1-12H3;1H;/p-3/t29-,30-;;/m1../s1. The number of aliphatic imine (C=N–C) groups is 2. The molecular weight excluding hydrogens is 580 g/mol. The molecule has 1 aliphatic carbocycles. The molecular formula is C36H52ClCrN2O2-3. The SMILES string of the molecule is CC(C)(C)c1cc(C=N[C@@H]2CCCC[C@H]2N=Cc2cc(C(C)(C)C)cc(C(C)(C)C)c2[O-])c([O-])c(C(C)(C)C)c1.[Cl-].[Cr]. The Bertz CT molecular complexity index is 1170. The summed E-state index contributed by atoms with van der Waals surface area (Å²) in [5.41, 5.74) is 4.62. The zero-order valence-electron chi connectivity index (χ0n) is 27.9. The van der Waals surface area contributed by atoms with Gasteiger partial charge in [0, 0.05) is 29.8 Å². The van der Waals surface area contributed by atoms with E-state index in [1.807, 2.05) is 12.1 Å². The van der Waals surface area contributed by atoms with Crippen molar-refractivity contribution in [2.75, 3.05) is 0 Å².